The first-order valence-corrected chi connectivity index (χ1v) is 6.64. The smallest absolute Gasteiger partial charge is 0.168 e. The molecule has 0 aliphatic heterocycles. The summed E-state index contributed by atoms with van der Waals surface area (Å²) in [5, 5.41) is 12.8. The maximum Gasteiger partial charge on any atom is 0.168 e. The number of aliphatic hydroxyl groups excluding tert-OH is 1. The van der Waals surface area contributed by atoms with Crippen LogP contribution in [0.25, 0.3) is 0 Å². The highest BCUT2D eigenvalue weighted by Crippen LogP contribution is 2.28. The number of anilines is 1. The molecule has 0 radical (unpaired) electrons. The zero-order chi connectivity index (χ0) is 13.4. The summed E-state index contributed by atoms with van der Waals surface area (Å²) in [7, 11) is 0. The Balaban J connectivity index is 2.72. The van der Waals surface area contributed by atoms with Gasteiger partial charge in [0, 0.05) is 18.2 Å². The highest BCUT2D eigenvalue weighted by Gasteiger charge is 2.25. The van der Waals surface area contributed by atoms with Gasteiger partial charge in [-0.25, -0.2) is 4.98 Å². The van der Waals surface area contributed by atoms with E-state index in [4.69, 9.17) is 4.74 Å². The zero-order valence-corrected chi connectivity index (χ0v) is 11.6. The molecule has 1 rings (SSSR count). The van der Waals surface area contributed by atoms with Crippen molar-refractivity contribution in [2.45, 2.75) is 33.6 Å². The number of pyridine rings is 1. The molecule has 1 heterocycles. The Bertz CT molecular complexity index is 343. The van der Waals surface area contributed by atoms with Crippen molar-refractivity contribution in [3.63, 3.8) is 0 Å². The molecule has 0 atom stereocenters. The lowest BCUT2D eigenvalue weighted by molar-refractivity contribution is 0.127. The lowest BCUT2D eigenvalue weighted by Gasteiger charge is -2.30. The third kappa shape index (κ3) is 3.60. The second-order valence-electron chi connectivity index (χ2n) is 4.50. The van der Waals surface area contributed by atoms with E-state index < -0.39 is 0 Å². The Morgan fingerprint density at radius 3 is 2.61 bits per heavy atom. The van der Waals surface area contributed by atoms with Crippen LogP contribution in [0.3, 0.4) is 0 Å². The van der Waals surface area contributed by atoms with Crippen molar-refractivity contribution >= 4 is 5.82 Å². The molecule has 0 saturated carbocycles. The molecule has 1 aromatic heterocycles. The maximum absolute atomic E-state index is 9.54. The standard InChI is InChI=1S/C14H24N2O2/c1-4-14(5-2,11-17)10-16-13-12(18-6-3)8-7-9-15-13/h7-9,17H,4-6,10-11H2,1-3H3,(H,15,16). The molecule has 0 aromatic carbocycles. The average molecular weight is 252 g/mol. The normalized spacial score (nSPS) is 11.3. The Morgan fingerprint density at radius 1 is 1.33 bits per heavy atom. The van der Waals surface area contributed by atoms with E-state index >= 15 is 0 Å². The fourth-order valence-corrected chi connectivity index (χ4v) is 1.85. The molecular weight excluding hydrogens is 228 g/mol. The molecule has 18 heavy (non-hydrogen) atoms. The number of ether oxygens (including phenoxy) is 1. The van der Waals surface area contributed by atoms with E-state index in [1.807, 2.05) is 19.1 Å². The van der Waals surface area contributed by atoms with Crippen LogP contribution in [-0.2, 0) is 0 Å². The number of aromatic nitrogens is 1. The molecule has 0 amide bonds. The summed E-state index contributed by atoms with van der Waals surface area (Å²) in [6.45, 7) is 7.66. The van der Waals surface area contributed by atoms with Gasteiger partial charge in [0.25, 0.3) is 0 Å². The van der Waals surface area contributed by atoms with E-state index in [0.717, 1.165) is 24.4 Å². The van der Waals surface area contributed by atoms with Gasteiger partial charge >= 0.3 is 0 Å². The zero-order valence-electron chi connectivity index (χ0n) is 11.6. The number of aliphatic hydroxyl groups is 1. The third-order valence-electron chi connectivity index (χ3n) is 3.54. The van der Waals surface area contributed by atoms with Gasteiger partial charge in [0.05, 0.1) is 13.2 Å². The van der Waals surface area contributed by atoms with Gasteiger partial charge < -0.3 is 15.2 Å². The van der Waals surface area contributed by atoms with Crippen molar-refractivity contribution in [1.82, 2.24) is 4.98 Å². The monoisotopic (exact) mass is 252 g/mol. The molecule has 0 bridgehead atoms. The quantitative estimate of drug-likeness (QED) is 0.747. The summed E-state index contributed by atoms with van der Waals surface area (Å²) in [4.78, 5) is 4.29. The fourth-order valence-electron chi connectivity index (χ4n) is 1.85. The molecular formula is C14H24N2O2. The molecule has 1 aromatic rings. The number of nitrogens with zero attached hydrogens (tertiary/aromatic N) is 1. The highest BCUT2D eigenvalue weighted by atomic mass is 16.5. The van der Waals surface area contributed by atoms with Crippen molar-refractivity contribution < 1.29 is 9.84 Å². The van der Waals surface area contributed by atoms with Crippen LogP contribution in [0.2, 0.25) is 0 Å². The molecule has 102 valence electrons. The van der Waals surface area contributed by atoms with Crippen molar-refractivity contribution in [2.75, 3.05) is 25.1 Å². The summed E-state index contributed by atoms with van der Waals surface area (Å²) in [5.74, 6) is 1.51. The van der Waals surface area contributed by atoms with Gasteiger partial charge in [0.1, 0.15) is 0 Å². The minimum atomic E-state index is -0.0823. The van der Waals surface area contributed by atoms with E-state index in [1.54, 1.807) is 6.20 Å². The fraction of sp³-hybridized carbons (Fsp3) is 0.643. The number of nitrogens with one attached hydrogen (secondary N) is 1. The molecule has 0 unspecified atom stereocenters. The molecule has 2 N–H and O–H groups in total. The van der Waals surface area contributed by atoms with Crippen molar-refractivity contribution in [1.29, 1.82) is 0 Å². The van der Waals surface area contributed by atoms with E-state index in [1.165, 1.54) is 0 Å². The summed E-state index contributed by atoms with van der Waals surface area (Å²) < 4.78 is 5.52. The molecule has 0 spiro atoms. The second kappa shape index (κ2) is 7.21. The highest BCUT2D eigenvalue weighted by molar-refractivity contribution is 5.49. The molecule has 4 nitrogen and oxygen atoms in total. The van der Waals surface area contributed by atoms with Crippen molar-refractivity contribution in [3.8, 4) is 5.75 Å². The van der Waals surface area contributed by atoms with Crippen LogP contribution in [0, 0.1) is 5.41 Å². The van der Waals surface area contributed by atoms with Crippen LogP contribution in [0.4, 0.5) is 5.82 Å². The van der Waals surface area contributed by atoms with Crippen LogP contribution in [-0.4, -0.2) is 29.8 Å². The van der Waals surface area contributed by atoms with Crippen LogP contribution >= 0.6 is 0 Å². The summed E-state index contributed by atoms with van der Waals surface area (Å²) in [5.41, 5.74) is -0.0823. The van der Waals surface area contributed by atoms with Gasteiger partial charge in [-0.2, -0.15) is 0 Å². The van der Waals surface area contributed by atoms with Gasteiger partial charge in [-0.15, -0.1) is 0 Å². The van der Waals surface area contributed by atoms with Gasteiger partial charge in [0.15, 0.2) is 11.6 Å². The molecule has 0 aliphatic carbocycles. The molecule has 4 heteroatoms. The van der Waals surface area contributed by atoms with Crippen LogP contribution < -0.4 is 10.1 Å². The van der Waals surface area contributed by atoms with Gasteiger partial charge in [-0.3, -0.25) is 0 Å². The molecule has 0 fully saturated rings. The number of rotatable bonds is 8. The van der Waals surface area contributed by atoms with Gasteiger partial charge in [-0.05, 0) is 31.9 Å². The van der Waals surface area contributed by atoms with Crippen LogP contribution in [0.1, 0.15) is 33.6 Å². The first kappa shape index (κ1) is 14.8. The Hall–Kier alpha value is -1.29. The van der Waals surface area contributed by atoms with Crippen molar-refractivity contribution in [2.24, 2.45) is 5.41 Å². The third-order valence-corrected chi connectivity index (χ3v) is 3.54. The summed E-state index contributed by atoms with van der Waals surface area (Å²) in [6, 6.07) is 3.76. The van der Waals surface area contributed by atoms with Gasteiger partial charge in [-0.1, -0.05) is 13.8 Å². The van der Waals surface area contributed by atoms with E-state index in [9.17, 15) is 5.11 Å². The predicted octanol–water partition coefficient (Wildman–Crippen LogP) is 2.69. The Labute approximate surface area is 109 Å². The van der Waals surface area contributed by atoms with E-state index in [0.29, 0.717) is 13.2 Å². The molecule has 0 aliphatic rings. The largest absolute Gasteiger partial charge is 0.490 e. The SMILES string of the molecule is CCOc1cccnc1NCC(CC)(CC)CO. The minimum Gasteiger partial charge on any atom is -0.490 e. The average Bonchev–Trinajstić information content (AvgIpc) is 2.43. The summed E-state index contributed by atoms with van der Waals surface area (Å²) in [6.07, 6.45) is 3.61. The lowest BCUT2D eigenvalue weighted by atomic mass is 9.83. The topological polar surface area (TPSA) is 54.4 Å². The predicted molar refractivity (Wildman–Crippen MR) is 74.0 cm³/mol. The first-order chi connectivity index (χ1) is 8.71. The number of hydrogen-bond donors (Lipinski definition) is 2. The minimum absolute atomic E-state index is 0.0823. The number of hydrogen-bond acceptors (Lipinski definition) is 4. The van der Waals surface area contributed by atoms with E-state index in [-0.39, 0.29) is 12.0 Å². The van der Waals surface area contributed by atoms with Crippen LogP contribution in [0.5, 0.6) is 5.75 Å². The summed E-state index contributed by atoms with van der Waals surface area (Å²) >= 11 is 0. The van der Waals surface area contributed by atoms with Crippen LogP contribution in [0.15, 0.2) is 18.3 Å². The molecule has 0 saturated heterocycles. The first-order valence-electron chi connectivity index (χ1n) is 6.64. The maximum atomic E-state index is 9.54. The van der Waals surface area contributed by atoms with E-state index in [2.05, 4.69) is 24.1 Å². The van der Waals surface area contributed by atoms with Crippen molar-refractivity contribution in [3.05, 3.63) is 18.3 Å². The lowest BCUT2D eigenvalue weighted by Crippen LogP contribution is -2.32. The second-order valence-corrected chi connectivity index (χ2v) is 4.50. The Kier molecular flexibility index (Phi) is 5.92. The Morgan fingerprint density at radius 2 is 2.06 bits per heavy atom. The van der Waals surface area contributed by atoms with Gasteiger partial charge in [0.2, 0.25) is 0 Å².